The molecule has 9 heteroatoms. The van der Waals surface area contributed by atoms with Gasteiger partial charge in [0.1, 0.15) is 6.33 Å². The Labute approximate surface area is 125 Å². The van der Waals surface area contributed by atoms with E-state index in [1.54, 1.807) is 0 Å². The molecule has 2 heterocycles. The molecular weight excluding hydrogens is 292 g/mol. The largest absolute Gasteiger partial charge is 0.364 e. The van der Waals surface area contributed by atoms with Crippen LogP contribution in [-0.4, -0.2) is 26.4 Å². The second-order valence-electron chi connectivity index (χ2n) is 4.39. The third-order valence-corrected chi connectivity index (χ3v) is 3.79. The molecule has 0 aliphatic rings. The summed E-state index contributed by atoms with van der Waals surface area (Å²) in [6.07, 6.45) is 2.13. The molecule has 8 nitrogen and oxygen atoms in total. The molecule has 0 saturated heterocycles. The summed E-state index contributed by atoms with van der Waals surface area (Å²) in [6.45, 7) is 6.41. The average molecular weight is 308 g/mol. The van der Waals surface area contributed by atoms with Gasteiger partial charge in [0.25, 0.3) is 0 Å². The highest BCUT2D eigenvalue weighted by Gasteiger charge is 2.23. The predicted octanol–water partition coefficient (Wildman–Crippen LogP) is 3.02. The molecule has 0 atom stereocenters. The van der Waals surface area contributed by atoms with Crippen molar-refractivity contribution in [2.75, 3.05) is 17.2 Å². The first-order valence-electron chi connectivity index (χ1n) is 6.47. The number of nitro groups is 1. The predicted molar refractivity (Wildman–Crippen MR) is 82.3 cm³/mol. The molecule has 0 fully saturated rings. The fraction of sp³-hybridized carbons (Fsp3) is 0.417. The number of hydrogen-bond donors (Lipinski definition) is 2. The van der Waals surface area contributed by atoms with E-state index in [1.807, 2.05) is 20.8 Å². The minimum Gasteiger partial charge on any atom is -0.364 e. The maximum atomic E-state index is 11.3. The van der Waals surface area contributed by atoms with Crippen LogP contribution in [0.5, 0.6) is 0 Å². The first kappa shape index (κ1) is 15.1. The highest BCUT2D eigenvalue weighted by molar-refractivity contribution is 7.15. The molecule has 2 aromatic heterocycles. The zero-order chi connectivity index (χ0) is 15.4. The van der Waals surface area contributed by atoms with Crippen molar-refractivity contribution < 1.29 is 4.92 Å². The van der Waals surface area contributed by atoms with Crippen LogP contribution in [0.3, 0.4) is 0 Å². The molecule has 0 bridgehead atoms. The van der Waals surface area contributed by atoms with Crippen LogP contribution in [0.4, 0.5) is 22.5 Å². The zero-order valence-electron chi connectivity index (χ0n) is 12.0. The molecular formula is C12H16N6O2S. The average Bonchev–Trinajstić information content (AvgIpc) is 2.74. The number of nitrogens with one attached hydrogen (secondary N) is 2. The van der Waals surface area contributed by atoms with Crippen LogP contribution >= 0.6 is 11.3 Å². The van der Waals surface area contributed by atoms with Gasteiger partial charge in [-0.3, -0.25) is 10.1 Å². The van der Waals surface area contributed by atoms with E-state index in [0.29, 0.717) is 11.7 Å². The van der Waals surface area contributed by atoms with Gasteiger partial charge in [-0.15, -0.1) is 11.3 Å². The third-order valence-electron chi connectivity index (χ3n) is 2.80. The minimum absolute atomic E-state index is 0.141. The molecule has 0 aliphatic heterocycles. The van der Waals surface area contributed by atoms with Crippen LogP contribution in [0.15, 0.2) is 6.33 Å². The molecule has 2 N–H and O–H groups in total. The molecule has 0 amide bonds. The lowest BCUT2D eigenvalue weighted by Gasteiger charge is -2.07. The van der Waals surface area contributed by atoms with Crippen LogP contribution in [0.25, 0.3) is 0 Å². The van der Waals surface area contributed by atoms with Gasteiger partial charge in [0.15, 0.2) is 5.13 Å². The van der Waals surface area contributed by atoms with Crippen LogP contribution in [0.1, 0.15) is 23.9 Å². The molecule has 0 unspecified atom stereocenters. The SMILES string of the molecule is CCCNc1ncnc(Nc2nc(C)c(C)s2)c1[N+](=O)[O-]. The molecule has 21 heavy (non-hydrogen) atoms. The molecule has 0 saturated carbocycles. The second kappa shape index (κ2) is 6.44. The lowest BCUT2D eigenvalue weighted by atomic mass is 10.4. The van der Waals surface area contributed by atoms with Gasteiger partial charge in [-0.1, -0.05) is 6.92 Å². The minimum atomic E-state index is -0.492. The van der Waals surface area contributed by atoms with Crippen molar-refractivity contribution in [1.82, 2.24) is 15.0 Å². The number of anilines is 3. The number of aromatic nitrogens is 3. The van der Waals surface area contributed by atoms with Crippen molar-refractivity contribution in [3.05, 3.63) is 27.0 Å². The van der Waals surface area contributed by atoms with Gasteiger partial charge in [0.2, 0.25) is 11.6 Å². The van der Waals surface area contributed by atoms with Crippen molar-refractivity contribution in [3.8, 4) is 0 Å². The van der Waals surface area contributed by atoms with Gasteiger partial charge in [-0.25, -0.2) is 15.0 Å². The normalized spacial score (nSPS) is 10.4. The van der Waals surface area contributed by atoms with E-state index in [2.05, 4.69) is 25.6 Å². The highest BCUT2D eigenvalue weighted by atomic mass is 32.1. The van der Waals surface area contributed by atoms with Gasteiger partial charge in [0, 0.05) is 11.4 Å². The molecule has 112 valence electrons. The van der Waals surface area contributed by atoms with Crippen molar-refractivity contribution in [3.63, 3.8) is 0 Å². The van der Waals surface area contributed by atoms with E-state index in [0.717, 1.165) is 17.0 Å². The lowest BCUT2D eigenvalue weighted by Crippen LogP contribution is -2.08. The summed E-state index contributed by atoms with van der Waals surface area (Å²) < 4.78 is 0. The Hall–Kier alpha value is -2.29. The van der Waals surface area contributed by atoms with Crippen LogP contribution < -0.4 is 10.6 Å². The first-order valence-corrected chi connectivity index (χ1v) is 7.28. The van der Waals surface area contributed by atoms with Crippen molar-refractivity contribution in [2.24, 2.45) is 0 Å². The summed E-state index contributed by atoms with van der Waals surface area (Å²) in [4.78, 5) is 24.1. The highest BCUT2D eigenvalue weighted by Crippen LogP contribution is 2.32. The van der Waals surface area contributed by atoms with Crippen LogP contribution in [-0.2, 0) is 0 Å². The van der Waals surface area contributed by atoms with Gasteiger partial charge in [0.05, 0.1) is 10.6 Å². The maximum Gasteiger partial charge on any atom is 0.353 e. The van der Waals surface area contributed by atoms with E-state index < -0.39 is 4.92 Å². The lowest BCUT2D eigenvalue weighted by molar-refractivity contribution is -0.383. The summed E-state index contributed by atoms with van der Waals surface area (Å²) in [5.41, 5.74) is 0.722. The van der Waals surface area contributed by atoms with Gasteiger partial charge in [-0.05, 0) is 20.3 Å². The standard InChI is InChI=1S/C12H16N6O2S/c1-4-5-13-10-9(18(19)20)11(15-6-14-10)17-12-16-7(2)8(3)21-12/h6H,4-5H2,1-3H3,(H2,13,14,15,16,17). The van der Waals surface area contributed by atoms with E-state index in [9.17, 15) is 10.1 Å². The Morgan fingerprint density at radius 1 is 1.33 bits per heavy atom. The molecule has 2 rings (SSSR count). The fourth-order valence-corrected chi connectivity index (χ4v) is 2.46. The quantitative estimate of drug-likeness (QED) is 0.624. The summed E-state index contributed by atoms with van der Waals surface area (Å²) in [5.74, 6) is 0.353. The Morgan fingerprint density at radius 3 is 2.62 bits per heavy atom. The molecule has 0 aromatic carbocycles. The van der Waals surface area contributed by atoms with Crippen LogP contribution in [0.2, 0.25) is 0 Å². The number of hydrogen-bond acceptors (Lipinski definition) is 8. The maximum absolute atomic E-state index is 11.3. The summed E-state index contributed by atoms with van der Waals surface area (Å²) >= 11 is 1.43. The molecule has 0 aliphatic carbocycles. The summed E-state index contributed by atoms with van der Waals surface area (Å²) in [5, 5.41) is 17.7. The topological polar surface area (TPSA) is 106 Å². The van der Waals surface area contributed by atoms with Crippen LogP contribution in [0, 0.1) is 24.0 Å². The summed E-state index contributed by atoms with van der Waals surface area (Å²) in [6, 6.07) is 0. The van der Waals surface area contributed by atoms with Gasteiger partial charge >= 0.3 is 5.69 Å². The monoisotopic (exact) mass is 308 g/mol. The molecule has 0 spiro atoms. The third kappa shape index (κ3) is 3.43. The Balaban J connectivity index is 2.35. The van der Waals surface area contributed by atoms with Crippen molar-refractivity contribution in [2.45, 2.75) is 27.2 Å². The number of thiazole rings is 1. The Morgan fingerprint density at radius 2 is 2.05 bits per heavy atom. The van der Waals surface area contributed by atoms with E-state index in [4.69, 9.17) is 0 Å². The van der Waals surface area contributed by atoms with Gasteiger partial charge in [-0.2, -0.15) is 0 Å². The number of aryl methyl sites for hydroxylation is 2. The first-order chi connectivity index (χ1) is 10.0. The Kier molecular flexibility index (Phi) is 4.63. The fourth-order valence-electron chi connectivity index (χ4n) is 1.64. The number of nitrogens with zero attached hydrogens (tertiary/aromatic N) is 4. The van der Waals surface area contributed by atoms with E-state index in [-0.39, 0.29) is 17.3 Å². The summed E-state index contributed by atoms with van der Waals surface area (Å²) in [7, 11) is 0. The van der Waals surface area contributed by atoms with E-state index in [1.165, 1.54) is 17.7 Å². The smallest absolute Gasteiger partial charge is 0.353 e. The Bertz CT molecular complexity index is 638. The van der Waals surface area contributed by atoms with Gasteiger partial charge < -0.3 is 10.6 Å². The van der Waals surface area contributed by atoms with Crippen molar-refractivity contribution in [1.29, 1.82) is 0 Å². The van der Waals surface area contributed by atoms with E-state index >= 15 is 0 Å². The molecule has 2 aromatic rings. The second-order valence-corrected chi connectivity index (χ2v) is 5.59. The molecule has 0 radical (unpaired) electrons. The van der Waals surface area contributed by atoms with Crippen molar-refractivity contribution >= 4 is 33.8 Å². The zero-order valence-corrected chi connectivity index (χ0v) is 12.8. The number of rotatable bonds is 6.